The predicted octanol–water partition coefficient (Wildman–Crippen LogP) is 3.96. The summed E-state index contributed by atoms with van der Waals surface area (Å²) < 4.78 is 45.7. The second-order valence-corrected chi connectivity index (χ2v) is 8.15. The van der Waals surface area contributed by atoms with Gasteiger partial charge in [-0.2, -0.15) is 18.2 Å². The molecule has 0 saturated carbocycles. The molecule has 0 fully saturated rings. The van der Waals surface area contributed by atoms with Gasteiger partial charge in [-0.05, 0) is 35.9 Å². The number of aromatic nitrogens is 5. The van der Waals surface area contributed by atoms with Gasteiger partial charge in [0.2, 0.25) is 5.89 Å². The Balaban J connectivity index is 1.64. The lowest BCUT2D eigenvalue weighted by molar-refractivity contribution is -0.207. The zero-order valence-electron chi connectivity index (χ0n) is 17.2. The minimum absolute atomic E-state index is 0.0211. The molecule has 178 valence electrons. The standard InChI is InChI=1S/C21H16Cl2F3N5O3/c22-14-7-5-12(6-8-14)19-28-31(20(33)30(19)10-16(32)21(24,25)26)11-18-27-17(29-34-18)9-13-3-1-2-4-15(13)23/h1-8,16,32H,9-11H2. The van der Waals surface area contributed by atoms with Crippen molar-refractivity contribution in [3.05, 3.63) is 86.3 Å². The van der Waals surface area contributed by atoms with Gasteiger partial charge in [0.25, 0.3) is 0 Å². The molecule has 0 saturated heterocycles. The zero-order chi connectivity index (χ0) is 24.5. The fraction of sp³-hybridized carbons (Fsp3) is 0.238. The van der Waals surface area contributed by atoms with E-state index >= 15 is 0 Å². The summed E-state index contributed by atoms with van der Waals surface area (Å²) in [7, 11) is 0. The van der Waals surface area contributed by atoms with Crippen LogP contribution in [0.1, 0.15) is 17.3 Å². The van der Waals surface area contributed by atoms with E-state index in [1.54, 1.807) is 18.2 Å². The second kappa shape index (κ2) is 9.61. The molecule has 0 spiro atoms. The number of alkyl halides is 3. The molecule has 1 N–H and O–H groups in total. The van der Waals surface area contributed by atoms with Crippen molar-refractivity contribution in [3.63, 3.8) is 0 Å². The first-order valence-corrected chi connectivity index (χ1v) is 10.6. The van der Waals surface area contributed by atoms with Gasteiger partial charge in [0.1, 0.15) is 6.54 Å². The van der Waals surface area contributed by atoms with Gasteiger partial charge < -0.3 is 9.63 Å². The van der Waals surface area contributed by atoms with Crippen LogP contribution < -0.4 is 5.69 Å². The minimum Gasteiger partial charge on any atom is -0.382 e. The van der Waals surface area contributed by atoms with Crippen molar-refractivity contribution in [2.45, 2.75) is 31.8 Å². The Bertz CT molecular complexity index is 1350. The molecule has 1 unspecified atom stereocenters. The normalized spacial score (nSPS) is 12.8. The van der Waals surface area contributed by atoms with E-state index in [1.165, 1.54) is 24.3 Å². The summed E-state index contributed by atoms with van der Waals surface area (Å²) in [5, 5.41) is 18.5. The van der Waals surface area contributed by atoms with Crippen molar-refractivity contribution in [2.24, 2.45) is 0 Å². The highest BCUT2D eigenvalue weighted by Crippen LogP contribution is 2.24. The van der Waals surface area contributed by atoms with Gasteiger partial charge in [0.05, 0.1) is 6.54 Å². The van der Waals surface area contributed by atoms with Crippen molar-refractivity contribution in [1.82, 2.24) is 24.5 Å². The molecule has 0 aliphatic rings. The monoisotopic (exact) mass is 513 g/mol. The van der Waals surface area contributed by atoms with E-state index in [2.05, 4.69) is 15.2 Å². The van der Waals surface area contributed by atoms with Crippen LogP contribution in [0, 0.1) is 0 Å². The van der Waals surface area contributed by atoms with Crippen molar-refractivity contribution in [1.29, 1.82) is 0 Å². The molecule has 2 aromatic heterocycles. The topological polar surface area (TPSA) is 99.0 Å². The van der Waals surface area contributed by atoms with Crippen molar-refractivity contribution in [3.8, 4) is 11.4 Å². The number of benzene rings is 2. The molecule has 0 amide bonds. The lowest BCUT2D eigenvalue weighted by Gasteiger charge is -2.15. The predicted molar refractivity (Wildman–Crippen MR) is 117 cm³/mol. The number of aliphatic hydroxyl groups is 1. The maximum Gasteiger partial charge on any atom is 0.416 e. The van der Waals surface area contributed by atoms with Crippen LogP contribution in [0.2, 0.25) is 10.0 Å². The van der Waals surface area contributed by atoms with Crippen molar-refractivity contribution in [2.75, 3.05) is 0 Å². The van der Waals surface area contributed by atoms with Crippen molar-refractivity contribution < 1.29 is 22.8 Å². The third-order valence-electron chi connectivity index (χ3n) is 4.86. The van der Waals surface area contributed by atoms with Gasteiger partial charge in [-0.1, -0.05) is 46.6 Å². The van der Waals surface area contributed by atoms with Gasteiger partial charge in [0.15, 0.2) is 17.8 Å². The summed E-state index contributed by atoms with van der Waals surface area (Å²) in [5.41, 5.74) is 0.211. The van der Waals surface area contributed by atoms with Gasteiger partial charge in [-0.25, -0.2) is 9.48 Å². The Labute approximate surface area is 200 Å². The Morgan fingerprint density at radius 1 is 1.09 bits per heavy atom. The van der Waals surface area contributed by atoms with Crippen LogP contribution >= 0.6 is 23.2 Å². The molecule has 0 radical (unpaired) electrons. The summed E-state index contributed by atoms with van der Waals surface area (Å²) in [6, 6.07) is 13.1. The van der Waals surface area contributed by atoms with Crippen LogP contribution in [0.25, 0.3) is 11.4 Å². The molecule has 0 aliphatic carbocycles. The molecule has 4 aromatic rings. The van der Waals surface area contributed by atoms with E-state index in [0.717, 1.165) is 14.8 Å². The smallest absolute Gasteiger partial charge is 0.382 e. The summed E-state index contributed by atoms with van der Waals surface area (Å²) in [5.74, 6) is 0.245. The van der Waals surface area contributed by atoms with Gasteiger partial charge >= 0.3 is 11.9 Å². The highest BCUT2D eigenvalue weighted by molar-refractivity contribution is 6.31. The average Bonchev–Trinajstić information content (AvgIpc) is 3.35. The molecule has 2 heterocycles. The highest BCUT2D eigenvalue weighted by atomic mass is 35.5. The van der Waals surface area contributed by atoms with Gasteiger partial charge in [-0.15, -0.1) is 5.10 Å². The van der Waals surface area contributed by atoms with E-state index in [4.69, 9.17) is 27.7 Å². The number of rotatable bonds is 7. The number of hydrogen-bond acceptors (Lipinski definition) is 6. The third-order valence-corrected chi connectivity index (χ3v) is 5.48. The number of nitrogens with zero attached hydrogens (tertiary/aromatic N) is 5. The fourth-order valence-electron chi connectivity index (χ4n) is 3.16. The molecule has 1 atom stereocenters. The fourth-order valence-corrected chi connectivity index (χ4v) is 3.49. The lowest BCUT2D eigenvalue weighted by Crippen LogP contribution is -2.37. The van der Waals surface area contributed by atoms with Gasteiger partial charge in [-0.3, -0.25) is 4.57 Å². The SMILES string of the molecule is O=c1n(Cc2nc(Cc3ccccc3Cl)no2)nc(-c2ccc(Cl)cc2)n1CC(O)C(F)(F)F. The van der Waals surface area contributed by atoms with E-state index in [0.29, 0.717) is 21.4 Å². The number of aliphatic hydroxyl groups excluding tert-OH is 1. The summed E-state index contributed by atoms with van der Waals surface area (Å²) in [4.78, 5) is 17.1. The molecule has 0 bridgehead atoms. The molecule has 13 heteroatoms. The van der Waals surface area contributed by atoms with Gasteiger partial charge in [0, 0.05) is 22.0 Å². The molecule has 2 aromatic carbocycles. The van der Waals surface area contributed by atoms with E-state index < -0.39 is 24.5 Å². The molecular weight excluding hydrogens is 498 g/mol. The molecule has 8 nitrogen and oxygen atoms in total. The van der Waals surface area contributed by atoms with Crippen LogP contribution in [0.15, 0.2) is 57.8 Å². The maximum absolute atomic E-state index is 13.0. The van der Waals surface area contributed by atoms with Crippen LogP contribution in [0.5, 0.6) is 0 Å². The Hall–Kier alpha value is -3.15. The second-order valence-electron chi connectivity index (χ2n) is 7.31. The summed E-state index contributed by atoms with van der Waals surface area (Å²) >= 11 is 12.0. The first-order valence-electron chi connectivity index (χ1n) is 9.85. The van der Waals surface area contributed by atoms with Crippen LogP contribution in [0.3, 0.4) is 0 Å². The molecular formula is C21H16Cl2F3N5O3. The van der Waals surface area contributed by atoms with Crippen LogP contribution in [0.4, 0.5) is 13.2 Å². The summed E-state index contributed by atoms with van der Waals surface area (Å²) in [6.07, 6.45) is -7.40. The Morgan fingerprint density at radius 2 is 1.79 bits per heavy atom. The first kappa shape index (κ1) is 24.0. The van der Waals surface area contributed by atoms with Crippen molar-refractivity contribution >= 4 is 23.2 Å². The van der Waals surface area contributed by atoms with E-state index in [9.17, 15) is 23.1 Å². The Kier molecular flexibility index (Phi) is 6.78. The minimum atomic E-state index is -4.92. The molecule has 4 rings (SSSR count). The maximum atomic E-state index is 13.0. The molecule has 0 aliphatic heterocycles. The number of hydrogen-bond donors (Lipinski definition) is 1. The van der Waals surface area contributed by atoms with E-state index in [-0.39, 0.29) is 24.7 Å². The Morgan fingerprint density at radius 3 is 2.47 bits per heavy atom. The first-order chi connectivity index (χ1) is 16.1. The van der Waals surface area contributed by atoms with Crippen LogP contribution in [-0.2, 0) is 19.5 Å². The number of halogens is 5. The highest BCUT2D eigenvalue weighted by Gasteiger charge is 2.39. The van der Waals surface area contributed by atoms with Crippen LogP contribution in [-0.4, -0.2) is 41.9 Å². The quantitative estimate of drug-likeness (QED) is 0.401. The largest absolute Gasteiger partial charge is 0.416 e. The lowest BCUT2D eigenvalue weighted by atomic mass is 10.1. The summed E-state index contributed by atoms with van der Waals surface area (Å²) in [6.45, 7) is -1.33. The average molecular weight is 514 g/mol. The van der Waals surface area contributed by atoms with E-state index in [1.807, 2.05) is 6.07 Å². The zero-order valence-corrected chi connectivity index (χ0v) is 18.7. The molecule has 34 heavy (non-hydrogen) atoms. The third kappa shape index (κ3) is 5.32.